The fourth-order valence-electron chi connectivity index (χ4n) is 3.33. The fraction of sp³-hybridized carbons (Fsp3) is 0.588. The lowest BCUT2D eigenvalue weighted by atomic mass is 10.3. The van der Waals surface area contributed by atoms with Crippen LogP contribution in [0.1, 0.15) is 53.4 Å². The monoisotopic (exact) mass is 898 g/mol. The van der Waals surface area contributed by atoms with Crippen LogP contribution in [-0.2, 0) is 124 Å². The van der Waals surface area contributed by atoms with Crippen molar-refractivity contribution in [2.75, 3.05) is 52.9 Å². The maximum absolute atomic E-state index is 12.1. The summed E-state index contributed by atoms with van der Waals surface area (Å²) in [5, 5.41) is 17.0. The van der Waals surface area contributed by atoms with Crippen molar-refractivity contribution in [2.24, 2.45) is 0 Å². The summed E-state index contributed by atoms with van der Waals surface area (Å²) >= 11 is 0. The van der Waals surface area contributed by atoms with E-state index in [1.165, 1.54) is 0 Å². The van der Waals surface area contributed by atoms with E-state index >= 15 is 0 Å². The molecule has 0 aliphatic carbocycles. The summed E-state index contributed by atoms with van der Waals surface area (Å²) < 4.78 is 55.5. The van der Waals surface area contributed by atoms with Crippen LogP contribution in [0.5, 0.6) is 0 Å². The predicted molar refractivity (Wildman–Crippen MR) is 184 cm³/mol. The maximum atomic E-state index is 12.1. The van der Waals surface area contributed by atoms with Gasteiger partial charge in [0.1, 0.15) is 13.2 Å². The van der Waals surface area contributed by atoms with Crippen molar-refractivity contribution in [1.82, 2.24) is 0 Å². The number of ether oxygens (including phenoxy) is 12. The minimum Gasteiger partial charge on any atom is -0.481 e. The van der Waals surface area contributed by atoms with Gasteiger partial charge in [-0.2, -0.15) is 0 Å². The molecule has 0 aromatic heterocycles. The molecule has 0 aliphatic heterocycles. The molecule has 28 nitrogen and oxygen atoms in total. The van der Waals surface area contributed by atoms with E-state index in [9.17, 15) is 67.1 Å². The molecule has 0 amide bonds. The summed E-state index contributed by atoms with van der Waals surface area (Å²) in [4.78, 5) is 162. The lowest BCUT2D eigenvalue weighted by Crippen LogP contribution is -2.33. The Kier molecular flexibility index (Phi) is 26.2. The van der Waals surface area contributed by atoms with Gasteiger partial charge in [0.25, 0.3) is 0 Å². The number of carbonyl (C=O) groups excluding carboxylic acids is 12. The highest BCUT2D eigenvalue weighted by atomic mass is 16.7. The van der Waals surface area contributed by atoms with Crippen LogP contribution < -0.4 is 0 Å². The molecule has 0 radical (unpaired) electrons. The molecule has 0 fully saturated rings. The van der Waals surface area contributed by atoms with Crippen LogP contribution in [0, 0.1) is 0 Å². The summed E-state index contributed by atoms with van der Waals surface area (Å²) in [6, 6.07) is 0. The standard InChI is InChI=1S/C34H42O28/c1-17(59-29(45)15-57-33(49)19(3)61-27(43)13-55-25(41)11-53-23(39)7-5-21(35)36)31(47)51-9-10-52-32(48)18(2)60-30(46)16-58-34(50)20(4)62-28(44)14-56-26(42)12-54-24(40)8-6-22(37)38/h17-20H,5-16H2,1-4H3,(H,35,36)(H,37,38). The number of esters is 12. The van der Waals surface area contributed by atoms with Crippen LogP contribution in [0.15, 0.2) is 0 Å². The Bertz CT molecular complexity index is 1540. The summed E-state index contributed by atoms with van der Waals surface area (Å²) in [6.45, 7) is -2.92. The summed E-state index contributed by atoms with van der Waals surface area (Å²) in [6.07, 6.45) is -8.44. The highest BCUT2D eigenvalue weighted by molar-refractivity contribution is 5.86. The van der Waals surface area contributed by atoms with Crippen LogP contribution in [-0.4, -0.2) is 171 Å². The maximum Gasteiger partial charge on any atom is 0.347 e. The second-order valence-electron chi connectivity index (χ2n) is 11.5. The molecular weight excluding hydrogens is 856 g/mol. The Hall–Kier alpha value is -7.42. The van der Waals surface area contributed by atoms with E-state index < -0.39 is 187 Å². The van der Waals surface area contributed by atoms with Gasteiger partial charge in [-0.15, -0.1) is 0 Å². The van der Waals surface area contributed by atoms with Crippen LogP contribution in [0.2, 0.25) is 0 Å². The van der Waals surface area contributed by atoms with Gasteiger partial charge >= 0.3 is 83.6 Å². The molecule has 4 atom stereocenters. The van der Waals surface area contributed by atoms with Crippen molar-refractivity contribution >= 4 is 83.6 Å². The van der Waals surface area contributed by atoms with E-state index in [0.717, 1.165) is 27.7 Å². The first-order chi connectivity index (χ1) is 29.0. The van der Waals surface area contributed by atoms with Crippen molar-refractivity contribution in [3.8, 4) is 0 Å². The number of hydrogen-bond acceptors (Lipinski definition) is 26. The van der Waals surface area contributed by atoms with E-state index in [0.29, 0.717) is 0 Å². The molecule has 62 heavy (non-hydrogen) atoms. The molecule has 4 unspecified atom stereocenters. The molecule has 0 heterocycles. The zero-order valence-electron chi connectivity index (χ0n) is 33.3. The highest BCUT2D eigenvalue weighted by Gasteiger charge is 2.26. The van der Waals surface area contributed by atoms with Gasteiger partial charge in [-0.05, 0) is 27.7 Å². The zero-order valence-corrected chi connectivity index (χ0v) is 33.3. The van der Waals surface area contributed by atoms with Crippen LogP contribution in [0.4, 0.5) is 0 Å². The minimum absolute atomic E-state index is 0.507. The summed E-state index contributed by atoms with van der Waals surface area (Å²) in [7, 11) is 0. The summed E-state index contributed by atoms with van der Waals surface area (Å²) in [5.41, 5.74) is 0. The zero-order chi connectivity index (χ0) is 47.4. The number of carboxylic acid groups (broad SMARTS) is 2. The average molecular weight is 899 g/mol. The predicted octanol–water partition coefficient (Wildman–Crippen LogP) is -3.21. The SMILES string of the molecule is CC(OC(=O)COC(=O)COC(=O)CCC(=O)O)C(=O)OCC(=O)OC(C)C(=O)OCCOC(=O)C(C)OC(=O)COC(=O)C(C)OC(=O)COC(=O)COC(=O)CCC(=O)O. The van der Waals surface area contributed by atoms with E-state index in [2.05, 4.69) is 37.9 Å². The molecule has 0 aromatic rings. The van der Waals surface area contributed by atoms with Gasteiger partial charge in [0.05, 0.1) is 25.7 Å². The molecule has 0 aromatic carbocycles. The Morgan fingerprint density at radius 3 is 0.806 bits per heavy atom. The second-order valence-corrected chi connectivity index (χ2v) is 11.5. The van der Waals surface area contributed by atoms with Crippen LogP contribution in [0.25, 0.3) is 0 Å². The Morgan fingerprint density at radius 1 is 0.306 bits per heavy atom. The van der Waals surface area contributed by atoms with E-state index in [1.807, 2.05) is 0 Å². The molecule has 346 valence electrons. The molecular formula is C34H42O28. The average Bonchev–Trinajstić information content (AvgIpc) is 3.20. The number of carboxylic acids is 2. The molecule has 0 bridgehead atoms. The summed E-state index contributed by atoms with van der Waals surface area (Å²) in [5.74, 6) is -16.7. The van der Waals surface area contributed by atoms with Gasteiger partial charge in [-0.25, -0.2) is 47.9 Å². The molecule has 0 aliphatic rings. The van der Waals surface area contributed by atoms with Crippen molar-refractivity contribution in [2.45, 2.75) is 77.8 Å². The van der Waals surface area contributed by atoms with E-state index in [-0.39, 0.29) is 0 Å². The van der Waals surface area contributed by atoms with Gasteiger partial charge in [0.2, 0.25) is 0 Å². The van der Waals surface area contributed by atoms with Crippen molar-refractivity contribution in [1.29, 1.82) is 0 Å². The number of aliphatic carboxylic acids is 2. The molecule has 2 N–H and O–H groups in total. The fourth-order valence-corrected chi connectivity index (χ4v) is 3.33. The first-order valence-electron chi connectivity index (χ1n) is 17.5. The third-order valence-electron chi connectivity index (χ3n) is 6.29. The molecule has 28 heteroatoms. The van der Waals surface area contributed by atoms with Crippen LogP contribution >= 0.6 is 0 Å². The Balaban J connectivity index is 4.31. The lowest BCUT2D eigenvalue weighted by Gasteiger charge is -2.16. The van der Waals surface area contributed by atoms with Gasteiger partial charge in [-0.1, -0.05) is 0 Å². The quantitative estimate of drug-likeness (QED) is 0.0424. The minimum atomic E-state index is -1.62. The second kappa shape index (κ2) is 29.7. The van der Waals surface area contributed by atoms with Gasteiger partial charge in [-0.3, -0.25) is 19.2 Å². The van der Waals surface area contributed by atoms with Gasteiger partial charge in [0.15, 0.2) is 64.1 Å². The topological polar surface area (TPSA) is 390 Å². The van der Waals surface area contributed by atoms with E-state index in [1.54, 1.807) is 0 Å². The number of hydrogen-bond donors (Lipinski definition) is 2. The molecule has 0 saturated carbocycles. The van der Waals surface area contributed by atoms with Gasteiger partial charge < -0.3 is 67.1 Å². The number of rotatable bonds is 29. The van der Waals surface area contributed by atoms with Gasteiger partial charge in [0, 0.05) is 0 Å². The number of carbonyl (C=O) groups is 14. The van der Waals surface area contributed by atoms with Crippen LogP contribution in [0.3, 0.4) is 0 Å². The van der Waals surface area contributed by atoms with E-state index in [4.69, 9.17) is 29.2 Å². The van der Waals surface area contributed by atoms with Crippen molar-refractivity contribution in [3.05, 3.63) is 0 Å². The van der Waals surface area contributed by atoms with Crippen molar-refractivity contribution in [3.63, 3.8) is 0 Å². The third-order valence-corrected chi connectivity index (χ3v) is 6.29. The molecule has 0 rings (SSSR count). The highest BCUT2D eigenvalue weighted by Crippen LogP contribution is 2.03. The third kappa shape index (κ3) is 27.3. The molecule has 0 saturated heterocycles. The Morgan fingerprint density at radius 2 is 0.532 bits per heavy atom. The normalized spacial score (nSPS) is 12.1. The molecule has 0 spiro atoms. The Labute approximate surface area is 348 Å². The van der Waals surface area contributed by atoms with Crippen molar-refractivity contribution < 1.29 is 134 Å². The largest absolute Gasteiger partial charge is 0.481 e. The lowest BCUT2D eigenvalue weighted by molar-refractivity contribution is -0.179. The first kappa shape index (κ1) is 54.6. The smallest absolute Gasteiger partial charge is 0.347 e. The first-order valence-corrected chi connectivity index (χ1v) is 17.5.